The first-order valence-corrected chi connectivity index (χ1v) is 7.74. The predicted molar refractivity (Wildman–Crippen MR) is 92.3 cm³/mol. The molecule has 2 aromatic carbocycles. The lowest BCUT2D eigenvalue weighted by Gasteiger charge is -2.14. The smallest absolute Gasteiger partial charge is 0.347 e. The van der Waals surface area contributed by atoms with E-state index in [4.69, 9.17) is 26.3 Å². The zero-order chi connectivity index (χ0) is 18.2. The molecule has 128 valence electrons. The average Bonchev–Trinajstić information content (AvgIpc) is 2.61. The van der Waals surface area contributed by atoms with E-state index in [1.54, 1.807) is 42.5 Å². The highest BCUT2D eigenvalue weighted by Gasteiger charge is 2.18. The molecular formula is C18H15ClN2O4. The van der Waals surface area contributed by atoms with Crippen LogP contribution in [0.2, 0.25) is 5.02 Å². The Morgan fingerprint density at radius 2 is 1.96 bits per heavy atom. The number of anilines is 1. The van der Waals surface area contributed by atoms with E-state index < -0.39 is 24.6 Å². The first kappa shape index (κ1) is 18.3. The number of benzene rings is 2. The fourth-order valence-electron chi connectivity index (χ4n) is 1.88. The third-order valence-corrected chi connectivity index (χ3v) is 3.33. The number of nitrogens with zero attached hydrogens (tertiary/aromatic N) is 1. The molecule has 0 heterocycles. The predicted octanol–water partition coefficient (Wildman–Crippen LogP) is 3.16. The van der Waals surface area contributed by atoms with E-state index >= 15 is 0 Å². The highest BCUT2D eigenvalue weighted by molar-refractivity contribution is 6.30. The van der Waals surface area contributed by atoms with Crippen LogP contribution < -0.4 is 10.1 Å². The lowest BCUT2D eigenvalue weighted by atomic mass is 10.2. The van der Waals surface area contributed by atoms with Gasteiger partial charge in [0.05, 0.1) is 11.6 Å². The zero-order valence-corrected chi connectivity index (χ0v) is 14.1. The molecular weight excluding hydrogens is 344 g/mol. The highest BCUT2D eigenvalue weighted by atomic mass is 35.5. The molecule has 0 aliphatic rings. The number of nitrogens with one attached hydrogen (secondary N) is 1. The molecule has 25 heavy (non-hydrogen) atoms. The standard InChI is InChI=1S/C18H15ClN2O4/c1-12(25-16-7-5-14(19)6-8-16)18(23)24-11-17(22)21-15-4-2-3-13(9-15)10-20/h2-9,12H,11H2,1H3,(H,21,22)/t12-/m1/s1. The molecule has 0 aliphatic heterocycles. The quantitative estimate of drug-likeness (QED) is 0.801. The second-order valence-electron chi connectivity index (χ2n) is 5.06. The van der Waals surface area contributed by atoms with Crippen molar-refractivity contribution >= 4 is 29.2 Å². The SMILES string of the molecule is C[C@@H](Oc1ccc(Cl)cc1)C(=O)OCC(=O)Nc1cccc(C#N)c1. The Morgan fingerprint density at radius 1 is 1.24 bits per heavy atom. The lowest BCUT2D eigenvalue weighted by molar-refractivity contribution is -0.153. The summed E-state index contributed by atoms with van der Waals surface area (Å²) in [5.41, 5.74) is 0.866. The van der Waals surface area contributed by atoms with Gasteiger partial charge in [0, 0.05) is 10.7 Å². The molecule has 0 aliphatic carbocycles. The molecule has 1 amide bonds. The van der Waals surface area contributed by atoms with Crippen LogP contribution in [-0.2, 0) is 14.3 Å². The molecule has 0 fully saturated rings. The van der Waals surface area contributed by atoms with E-state index in [1.807, 2.05) is 6.07 Å². The van der Waals surface area contributed by atoms with Crippen LogP contribution in [0, 0.1) is 11.3 Å². The molecule has 0 bridgehead atoms. The van der Waals surface area contributed by atoms with E-state index in [0.29, 0.717) is 22.0 Å². The van der Waals surface area contributed by atoms with Crippen LogP contribution in [0.1, 0.15) is 12.5 Å². The fraction of sp³-hybridized carbons (Fsp3) is 0.167. The van der Waals surface area contributed by atoms with Gasteiger partial charge in [0.1, 0.15) is 5.75 Å². The number of carbonyl (C=O) groups excluding carboxylic acids is 2. The molecule has 2 aromatic rings. The second-order valence-corrected chi connectivity index (χ2v) is 5.50. The first-order chi connectivity index (χ1) is 12.0. The van der Waals surface area contributed by atoms with Crippen molar-refractivity contribution in [1.29, 1.82) is 5.26 Å². The minimum Gasteiger partial charge on any atom is -0.479 e. The summed E-state index contributed by atoms with van der Waals surface area (Å²) in [5.74, 6) is -0.718. The van der Waals surface area contributed by atoms with Crippen LogP contribution in [0.15, 0.2) is 48.5 Å². The minimum atomic E-state index is -0.879. The van der Waals surface area contributed by atoms with Crippen LogP contribution in [0.5, 0.6) is 5.75 Å². The van der Waals surface area contributed by atoms with Gasteiger partial charge in [-0.1, -0.05) is 17.7 Å². The van der Waals surface area contributed by atoms with Gasteiger partial charge in [-0.3, -0.25) is 4.79 Å². The van der Waals surface area contributed by atoms with Crippen molar-refractivity contribution in [3.63, 3.8) is 0 Å². The summed E-state index contributed by atoms with van der Waals surface area (Å²) in [7, 11) is 0. The van der Waals surface area contributed by atoms with Crippen molar-refractivity contribution in [3.05, 3.63) is 59.1 Å². The summed E-state index contributed by atoms with van der Waals surface area (Å²) >= 11 is 5.77. The topological polar surface area (TPSA) is 88.4 Å². The summed E-state index contributed by atoms with van der Waals surface area (Å²) in [6.07, 6.45) is -0.879. The van der Waals surface area contributed by atoms with Gasteiger partial charge in [0.2, 0.25) is 0 Å². The average molecular weight is 359 g/mol. The minimum absolute atomic E-state index is 0.416. The van der Waals surface area contributed by atoms with Crippen LogP contribution >= 0.6 is 11.6 Å². The third kappa shape index (κ3) is 5.83. The summed E-state index contributed by atoms with van der Waals surface area (Å²) in [6, 6.07) is 14.9. The molecule has 2 rings (SSSR count). The maximum Gasteiger partial charge on any atom is 0.347 e. The molecule has 0 saturated heterocycles. The number of nitriles is 1. The molecule has 0 unspecified atom stereocenters. The van der Waals surface area contributed by atoms with Gasteiger partial charge in [-0.2, -0.15) is 5.26 Å². The van der Waals surface area contributed by atoms with Crippen molar-refractivity contribution in [2.24, 2.45) is 0 Å². The fourth-order valence-corrected chi connectivity index (χ4v) is 2.01. The maximum atomic E-state index is 11.9. The van der Waals surface area contributed by atoms with Crippen molar-refractivity contribution in [1.82, 2.24) is 0 Å². The van der Waals surface area contributed by atoms with Crippen LogP contribution in [-0.4, -0.2) is 24.6 Å². The van der Waals surface area contributed by atoms with E-state index in [-0.39, 0.29) is 0 Å². The van der Waals surface area contributed by atoms with Gasteiger partial charge in [-0.05, 0) is 49.4 Å². The number of carbonyl (C=O) groups is 2. The number of rotatable bonds is 6. The summed E-state index contributed by atoms with van der Waals surface area (Å²) in [6.45, 7) is 1.06. The number of amides is 1. The first-order valence-electron chi connectivity index (χ1n) is 7.37. The van der Waals surface area contributed by atoms with Crippen molar-refractivity contribution in [2.75, 3.05) is 11.9 Å². The Labute approximate surface area is 149 Å². The number of hydrogen-bond acceptors (Lipinski definition) is 5. The Balaban J connectivity index is 1.81. The number of esters is 1. The van der Waals surface area contributed by atoms with E-state index in [9.17, 15) is 9.59 Å². The summed E-state index contributed by atoms with van der Waals surface area (Å²) < 4.78 is 10.3. The van der Waals surface area contributed by atoms with Crippen LogP contribution in [0.4, 0.5) is 5.69 Å². The van der Waals surface area contributed by atoms with E-state index in [2.05, 4.69) is 5.32 Å². The Bertz CT molecular complexity index is 799. The molecule has 6 nitrogen and oxygen atoms in total. The largest absolute Gasteiger partial charge is 0.479 e. The Kier molecular flexibility index (Phi) is 6.38. The molecule has 0 aromatic heterocycles. The molecule has 0 spiro atoms. The van der Waals surface area contributed by atoms with Gasteiger partial charge < -0.3 is 14.8 Å². The molecule has 0 saturated carbocycles. The van der Waals surface area contributed by atoms with Gasteiger partial charge in [-0.25, -0.2) is 4.79 Å². The van der Waals surface area contributed by atoms with Crippen molar-refractivity contribution in [3.8, 4) is 11.8 Å². The zero-order valence-electron chi connectivity index (χ0n) is 13.4. The Morgan fingerprint density at radius 3 is 2.64 bits per heavy atom. The highest BCUT2D eigenvalue weighted by Crippen LogP contribution is 2.17. The summed E-state index contributed by atoms with van der Waals surface area (Å²) in [5, 5.41) is 11.9. The monoisotopic (exact) mass is 358 g/mol. The molecule has 7 heteroatoms. The van der Waals surface area contributed by atoms with Crippen LogP contribution in [0.25, 0.3) is 0 Å². The number of hydrogen-bond donors (Lipinski definition) is 1. The van der Waals surface area contributed by atoms with E-state index in [1.165, 1.54) is 13.0 Å². The van der Waals surface area contributed by atoms with Gasteiger partial charge in [0.25, 0.3) is 5.91 Å². The van der Waals surface area contributed by atoms with Gasteiger partial charge >= 0.3 is 5.97 Å². The normalized spacial score (nSPS) is 11.1. The summed E-state index contributed by atoms with van der Waals surface area (Å²) in [4.78, 5) is 23.7. The number of ether oxygens (including phenoxy) is 2. The maximum absolute atomic E-state index is 11.9. The van der Waals surface area contributed by atoms with Crippen molar-refractivity contribution in [2.45, 2.75) is 13.0 Å². The molecule has 1 atom stereocenters. The third-order valence-electron chi connectivity index (χ3n) is 3.08. The second kappa shape index (κ2) is 8.71. The lowest BCUT2D eigenvalue weighted by Crippen LogP contribution is -2.29. The Hall–Kier alpha value is -3.04. The van der Waals surface area contributed by atoms with Crippen LogP contribution in [0.3, 0.4) is 0 Å². The van der Waals surface area contributed by atoms with Crippen molar-refractivity contribution < 1.29 is 19.1 Å². The van der Waals surface area contributed by atoms with E-state index in [0.717, 1.165) is 0 Å². The molecule has 0 radical (unpaired) electrons. The van der Waals surface area contributed by atoms with Gasteiger partial charge in [0.15, 0.2) is 12.7 Å². The molecule has 1 N–H and O–H groups in total. The van der Waals surface area contributed by atoms with Gasteiger partial charge in [-0.15, -0.1) is 0 Å². The number of halogens is 1.